The van der Waals surface area contributed by atoms with Gasteiger partial charge in [0, 0.05) is 17.0 Å². The normalized spacial score (nSPS) is 10.6. The Hall–Kier alpha value is -2.33. The van der Waals surface area contributed by atoms with Crippen molar-refractivity contribution in [1.82, 2.24) is 4.98 Å². The second-order valence-corrected chi connectivity index (χ2v) is 5.59. The molecule has 0 aliphatic heterocycles. The second-order valence-electron chi connectivity index (χ2n) is 4.80. The number of pyridine rings is 1. The van der Waals surface area contributed by atoms with Crippen LogP contribution in [-0.4, -0.2) is 24.1 Å². The monoisotopic (exact) mass is 309 g/mol. The van der Waals surface area contributed by atoms with E-state index in [2.05, 4.69) is 4.98 Å². The Kier molecular flexibility index (Phi) is 4.11. The number of ether oxygens (including phenoxy) is 1. The van der Waals surface area contributed by atoms with E-state index in [1.807, 2.05) is 60.9 Å². The van der Waals surface area contributed by atoms with Gasteiger partial charge in [-0.05, 0) is 24.5 Å². The van der Waals surface area contributed by atoms with Gasteiger partial charge in [-0.2, -0.15) is 0 Å². The number of fused-ring (bicyclic) bond motifs is 1. The molecule has 110 valence electrons. The SMILES string of the molecule is COc1ccc2cc(C(=O)c3ccccc3)c(SC)nc2c1. The van der Waals surface area contributed by atoms with Gasteiger partial charge in [0.2, 0.25) is 0 Å². The first-order valence-corrected chi connectivity index (χ1v) is 8.08. The minimum Gasteiger partial charge on any atom is -0.497 e. The van der Waals surface area contributed by atoms with Crippen LogP contribution in [0.5, 0.6) is 5.75 Å². The Balaban J connectivity index is 2.15. The lowest BCUT2D eigenvalue weighted by Gasteiger charge is -2.09. The quantitative estimate of drug-likeness (QED) is 0.535. The Labute approximate surface area is 133 Å². The Morgan fingerprint density at radius 3 is 2.55 bits per heavy atom. The Morgan fingerprint density at radius 1 is 1.09 bits per heavy atom. The van der Waals surface area contributed by atoms with Crippen LogP contribution in [0.2, 0.25) is 0 Å². The number of aromatic nitrogens is 1. The zero-order valence-corrected chi connectivity index (χ0v) is 13.2. The molecule has 22 heavy (non-hydrogen) atoms. The van der Waals surface area contributed by atoms with Crippen LogP contribution in [0.15, 0.2) is 59.6 Å². The van der Waals surface area contributed by atoms with Crippen molar-refractivity contribution in [1.29, 1.82) is 0 Å². The van der Waals surface area contributed by atoms with Gasteiger partial charge in [0.25, 0.3) is 0 Å². The second kappa shape index (κ2) is 6.20. The third kappa shape index (κ3) is 2.70. The van der Waals surface area contributed by atoms with Crippen LogP contribution in [0.4, 0.5) is 0 Å². The lowest BCUT2D eigenvalue weighted by atomic mass is 10.0. The number of nitrogens with zero attached hydrogens (tertiary/aromatic N) is 1. The molecule has 0 fully saturated rings. The molecule has 1 heterocycles. The highest BCUT2D eigenvalue weighted by molar-refractivity contribution is 7.98. The van der Waals surface area contributed by atoms with E-state index in [4.69, 9.17) is 4.74 Å². The average Bonchev–Trinajstić information content (AvgIpc) is 2.60. The first kappa shape index (κ1) is 14.6. The summed E-state index contributed by atoms with van der Waals surface area (Å²) in [7, 11) is 1.63. The van der Waals surface area contributed by atoms with E-state index >= 15 is 0 Å². The summed E-state index contributed by atoms with van der Waals surface area (Å²) in [6.07, 6.45) is 1.93. The molecular weight excluding hydrogens is 294 g/mol. The number of hydrogen-bond acceptors (Lipinski definition) is 4. The summed E-state index contributed by atoms with van der Waals surface area (Å²) in [6.45, 7) is 0. The highest BCUT2D eigenvalue weighted by Gasteiger charge is 2.16. The zero-order valence-electron chi connectivity index (χ0n) is 12.4. The molecule has 0 saturated carbocycles. The molecule has 0 aliphatic rings. The van der Waals surface area contributed by atoms with E-state index in [1.54, 1.807) is 7.11 Å². The highest BCUT2D eigenvalue weighted by atomic mass is 32.2. The van der Waals surface area contributed by atoms with Crippen molar-refractivity contribution in [3.63, 3.8) is 0 Å². The number of rotatable bonds is 4. The van der Waals surface area contributed by atoms with E-state index in [0.717, 1.165) is 21.7 Å². The van der Waals surface area contributed by atoms with Crippen LogP contribution >= 0.6 is 11.8 Å². The highest BCUT2D eigenvalue weighted by Crippen LogP contribution is 2.27. The molecule has 0 N–H and O–H groups in total. The van der Waals surface area contributed by atoms with Crippen molar-refractivity contribution in [2.75, 3.05) is 13.4 Å². The Bertz CT molecular complexity index is 831. The first-order valence-electron chi connectivity index (χ1n) is 6.85. The van der Waals surface area contributed by atoms with Crippen molar-refractivity contribution < 1.29 is 9.53 Å². The van der Waals surface area contributed by atoms with Crippen LogP contribution < -0.4 is 4.74 Å². The standard InChI is InChI=1S/C18H15NO2S/c1-21-14-9-8-13-10-15(18(22-2)19-16(13)11-14)17(20)12-6-4-3-5-7-12/h3-11H,1-2H3. The average molecular weight is 309 g/mol. The van der Waals surface area contributed by atoms with Gasteiger partial charge in [0.15, 0.2) is 5.78 Å². The van der Waals surface area contributed by atoms with Crippen molar-refractivity contribution in [2.45, 2.75) is 5.03 Å². The van der Waals surface area contributed by atoms with Gasteiger partial charge in [-0.15, -0.1) is 11.8 Å². The smallest absolute Gasteiger partial charge is 0.195 e. The molecule has 2 aromatic carbocycles. The number of carbonyl (C=O) groups is 1. The third-order valence-electron chi connectivity index (χ3n) is 3.46. The fourth-order valence-corrected chi connectivity index (χ4v) is 2.88. The van der Waals surface area contributed by atoms with Crippen LogP contribution in [0.25, 0.3) is 10.9 Å². The summed E-state index contributed by atoms with van der Waals surface area (Å²) >= 11 is 1.47. The minimum absolute atomic E-state index is 0.00447. The molecule has 0 bridgehead atoms. The fourth-order valence-electron chi connectivity index (χ4n) is 2.32. The van der Waals surface area contributed by atoms with Gasteiger partial charge in [-0.1, -0.05) is 30.3 Å². The summed E-state index contributed by atoms with van der Waals surface area (Å²) in [5.74, 6) is 0.754. The molecule has 3 nitrogen and oxygen atoms in total. The molecule has 0 saturated heterocycles. The van der Waals surface area contributed by atoms with Crippen LogP contribution in [0.1, 0.15) is 15.9 Å². The molecule has 3 rings (SSSR count). The van der Waals surface area contributed by atoms with E-state index in [0.29, 0.717) is 11.1 Å². The van der Waals surface area contributed by atoms with Gasteiger partial charge in [-0.25, -0.2) is 4.98 Å². The molecule has 0 atom stereocenters. The van der Waals surface area contributed by atoms with Gasteiger partial charge in [0.05, 0.1) is 18.2 Å². The van der Waals surface area contributed by atoms with Gasteiger partial charge in [-0.3, -0.25) is 4.79 Å². The van der Waals surface area contributed by atoms with E-state index in [-0.39, 0.29) is 5.78 Å². The summed E-state index contributed by atoms with van der Waals surface area (Å²) in [4.78, 5) is 17.3. The number of ketones is 1. The maximum atomic E-state index is 12.7. The summed E-state index contributed by atoms with van der Waals surface area (Å²) in [6, 6.07) is 16.9. The van der Waals surface area contributed by atoms with E-state index in [9.17, 15) is 4.79 Å². The van der Waals surface area contributed by atoms with Crippen molar-refractivity contribution in [3.05, 3.63) is 65.7 Å². The predicted molar refractivity (Wildman–Crippen MR) is 90.0 cm³/mol. The van der Waals surface area contributed by atoms with Gasteiger partial charge >= 0.3 is 0 Å². The van der Waals surface area contributed by atoms with Crippen LogP contribution in [0, 0.1) is 0 Å². The maximum Gasteiger partial charge on any atom is 0.195 e. The van der Waals surface area contributed by atoms with Crippen molar-refractivity contribution in [3.8, 4) is 5.75 Å². The molecule has 0 spiro atoms. The molecule has 0 unspecified atom stereocenters. The first-order chi connectivity index (χ1) is 10.7. The summed E-state index contributed by atoms with van der Waals surface area (Å²) in [5.41, 5.74) is 2.14. The molecular formula is C18H15NO2S. The number of carbonyl (C=O) groups excluding carboxylic acids is 1. The molecule has 0 amide bonds. The molecule has 3 aromatic rings. The number of hydrogen-bond donors (Lipinski definition) is 0. The predicted octanol–water partition coefficient (Wildman–Crippen LogP) is 4.20. The zero-order chi connectivity index (χ0) is 15.5. The number of thioether (sulfide) groups is 1. The Morgan fingerprint density at radius 2 is 1.86 bits per heavy atom. The molecule has 4 heteroatoms. The van der Waals surface area contributed by atoms with Gasteiger partial charge in [0.1, 0.15) is 10.8 Å². The fraction of sp³-hybridized carbons (Fsp3) is 0.111. The lowest BCUT2D eigenvalue weighted by molar-refractivity contribution is 0.103. The van der Waals surface area contributed by atoms with Crippen molar-refractivity contribution in [2.24, 2.45) is 0 Å². The summed E-state index contributed by atoms with van der Waals surface area (Å²) in [5, 5.41) is 1.66. The van der Waals surface area contributed by atoms with Crippen LogP contribution in [0.3, 0.4) is 0 Å². The largest absolute Gasteiger partial charge is 0.497 e. The number of benzene rings is 2. The molecule has 1 aromatic heterocycles. The third-order valence-corrected chi connectivity index (χ3v) is 4.16. The van der Waals surface area contributed by atoms with E-state index in [1.165, 1.54) is 11.8 Å². The lowest BCUT2D eigenvalue weighted by Crippen LogP contribution is -2.04. The van der Waals surface area contributed by atoms with Gasteiger partial charge < -0.3 is 4.74 Å². The topological polar surface area (TPSA) is 39.2 Å². The minimum atomic E-state index is -0.00447. The summed E-state index contributed by atoms with van der Waals surface area (Å²) < 4.78 is 5.23. The molecule has 0 aliphatic carbocycles. The van der Waals surface area contributed by atoms with E-state index < -0.39 is 0 Å². The number of methoxy groups -OCH3 is 1. The van der Waals surface area contributed by atoms with Crippen LogP contribution in [-0.2, 0) is 0 Å². The maximum absolute atomic E-state index is 12.7. The van der Waals surface area contributed by atoms with Crippen molar-refractivity contribution >= 4 is 28.4 Å². The molecule has 0 radical (unpaired) electrons.